The molecule has 0 bridgehead atoms. The van der Waals surface area contributed by atoms with Gasteiger partial charge in [0.25, 0.3) is 17.4 Å². The number of amides is 1. The fourth-order valence-corrected chi connectivity index (χ4v) is 4.02. The molecule has 1 saturated heterocycles. The van der Waals surface area contributed by atoms with Crippen molar-refractivity contribution < 1.29 is 24.4 Å². The highest BCUT2D eigenvalue weighted by atomic mass is 35.5. The molecule has 3 rings (SSSR count). The van der Waals surface area contributed by atoms with Crippen LogP contribution in [-0.2, 0) is 9.59 Å². The second kappa shape index (κ2) is 10.0. The standard InChI is InChI=1S/C23H24ClN3O6/c1-25(2)11-4-12-26-20(14-5-8-16(9-6-14)27(31)32)19(22(29)23(26)30)21(28)15-7-10-18(33-3)17(24)13-15/h5-10,13,20,28H,4,11-12H2,1-3H3/b21-19+/t20-/m1/s1. The molecule has 2 aromatic rings. The lowest BCUT2D eigenvalue weighted by atomic mass is 9.95. The Morgan fingerprint density at radius 1 is 1.21 bits per heavy atom. The van der Waals surface area contributed by atoms with Gasteiger partial charge in [-0.25, -0.2) is 0 Å². The minimum absolute atomic E-state index is 0.0973. The molecule has 174 valence electrons. The zero-order chi connectivity index (χ0) is 24.3. The molecular formula is C23H24ClN3O6. The fourth-order valence-electron chi connectivity index (χ4n) is 3.76. The normalized spacial score (nSPS) is 17.6. The third kappa shape index (κ3) is 4.99. The molecule has 0 unspecified atom stereocenters. The van der Waals surface area contributed by atoms with Crippen LogP contribution in [0, 0.1) is 10.1 Å². The van der Waals surface area contributed by atoms with E-state index in [0.29, 0.717) is 24.3 Å². The van der Waals surface area contributed by atoms with E-state index in [1.165, 1.54) is 48.4 Å². The number of aliphatic hydroxyl groups is 1. The molecule has 1 fully saturated rings. The molecule has 0 aromatic heterocycles. The number of nitrogens with zero attached hydrogens (tertiary/aromatic N) is 3. The van der Waals surface area contributed by atoms with Gasteiger partial charge in [-0.2, -0.15) is 0 Å². The maximum absolute atomic E-state index is 13.0. The van der Waals surface area contributed by atoms with Gasteiger partial charge in [-0.15, -0.1) is 0 Å². The molecule has 1 amide bonds. The highest BCUT2D eigenvalue weighted by Gasteiger charge is 2.45. The van der Waals surface area contributed by atoms with E-state index >= 15 is 0 Å². The third-order valence-corrected chi connectivity index (χ3v) is 5.68. The molecular weight excluding hydrogens is 450 g/mol. The van der Waals surface area contributed by atoms with Gasteiger partial charge in [-0.3, -0.25) is 19.7 Å². The number of nitro groups is 1. The molecule has 0 saturated carbocycles. The Hall–Kier alpha value is -3.43. The number of ether oxygens (including phenoxy) is 1. The number of methoxy groups -OCH3 is 1. The Morgan fingerprint density at radius 3 is 2.42 bits per heavy atom. The maximum atomic E-state index is 13.0. The Bertz CT molecular complexity index is 1110. The number of likely N-dealkylation sites (tertiary alicyclic amines) is 1. The van der Waals surface area contributed by atoms with Gasteiger partial charge in [-0.05, 0) is 63.0 Å². The summed E-state index contributed by atoms with van der Waals surface area (Å²) in [7, 11) is 5.25. The van der Waals surface area contributed by atoms with Crippen molar-refractivity contribution in [3.8, 4) is 5.75 Å². The van der Waals surface area contributed by atoms with Crippen LogP contribution < -0.4 is 4.74 Å². The Balaban J connectivity index is 2.11. The van der Waals surface area contributed by atoms with Crippen LogP contribution in [0.2, 0.25) is 5.02 Å². The lowest BCUT2D eigenvalue weighted by Crippen LogP contribution is -2.32. The lowest BCUT2D eigenvalue weighted by Gasteiger charge is -2.26. The van der Waals surface area contributed by atoms with Gasteiger partial charge in [-0.1, -0.05) is 11.6 Å². The van der Waals surface area contributed by atoms with Crippen molar-refractivity contribution in [2.45, 2.75) is 12.5 Å². The molecule has 1 atom stereocenters. The molecule has 10 heteroatoms. The summed E-state index contributed by atoms with van der Waals surface area (Å²) in [4.78, 5) is 39.8. The summed E-state index contributed by atoms with van der Waals surface area (Å²) in [5.41, 5.74) is 0.509. The highest BCUT2D eigenvalue weighted by Crippen LogP contribution is 2.40. The number of ketones is 1. The van der Waals surface area contributed by atoms with E-state index in [0.717, 1.165) is 0 Å². The Morgan fingerprint density at radius 2 is 1.88 bits per heavy atom. The van der Waals surface area contributed by atoms with Crippen LogP contribution in [0.15, 0.2) is 48.0 Å². The summed E-state index contributed by atoms with van der Waals surface area (Å²) in [5.74, 6) is -1.55. The molecule has 0 spiro atoms. The smallest absolute Gasteiger partial charge is 0.295 e. The summed E-state index contributed by atoms with van der Waals surface area (Å²) in [6, 6.07) is 9.22. The quantitative estimate of drug-likeness (QED) is 0.205. The molecule has 1 aliphatic heterocycles. The number of benzene rings is 2. The summed E-state index contributed by atoms with van der Waals surface area (Å²) < 4.78 is 5.13. The average molecular weight is 474 g/mol. The number of hydrogen-bond acceptors (Lipinski definition) is 7. The Kier molecular flexibility index (Phi) is 7.35. The number of Topliss-reactive ketones (excluding diaryl/α,β-unsaturated/α-hetero) is 1. The first kappa shape index (κ1) is 24.2. The van der Waals surface area contributed by atoms with Crippen molar-refractivity contribution in [2.75, 3.05) is 34.3 Å². The largest absolute Gasteiger partial charge is 0.507 e. The van der Waals surface area contributed by atoms with Crippen molar-refractivity contribution in [3.05, 3.63) is 74.3 Å². The average Bonchev–Trinajstić information content (AvgIpc) is 3.03. The maximum Gasteiger partial charge on any atom is 0.295 e. The number of aliphatic hydroxyl groups excluding tert-OH is 1. The molecule has 1 heterocycles. The molecule has 1 aliphatic rings. The van der Waals surface area contributed by atoms with Gasteiger partial charge in [0.2, 0.25) is 0 Å². The lowest BCUT2D eigenvalue weighted by molar-refractivity contribution is -0.384. The van der Waals surface area contributed by atoms with E-state index in [-0.39, 0.29) is 34.2 Å². The van der Waals surface area contributed by atoms with Crippen LogP contribution >= 0.6 is 11.6 Å². The fraction of sp³-hybridized carbons (Fsp3) is 0.304. The van der Waals surface area contributed by atoms with E-state index in [4.69, 9.17) is 16.3 Å². The number of rotatable bonds is 8. The molecule has 0 radical (unpaired) electrons. The van der Waals surface area contributed by atoms with Crippen LogP contribution in [0.1, 0.15) is 23.6 Å². The summed E-state index contributed by atoms with van der Waals surface area (Å²) >= 11 is 6.18. The van der Waals surface area contributed by atoms with Gasteiger partial charge in [0, 0.05) is 24.2 Å². The predicted molar refractivity (Wildman–Crippen MR) is 123 cm³/mol. The molecule has 33 heavy (non-hydrogen) atoms. The molecule has 2 aromatic carbocycles. The number of hydrogen-bond donors (Lipinski definition) is 1. The highest BCUT2D eigenvalue weighted by molar-refractivity contribution is 6.46. The second-order valence-electron chi connectivity index (χ2n) is 7.85. The van der Waals surface area contributed by atoms with E-state index in [2.05, 4.69) is 0 Å². The minimum atomic E-state index is -0.895. The number of carbonyl (C=O) groups excluding carboxylic acids is 2. The van der Waals surface area contributed by atoms with Crippen LogP contribution in [-0.4, -0.2) is 65.8 Å². The summed E-state index contributed by atoms with van der Waals surface area (Å²) in [6.45, 7) is 0.953. The zero-order valence-electron chi connectivity index (χ0n) is 18.4. The number of halogens is 1. The van der Waals surface area contributed by atoms with E-state index in [1.807, 2.05) is 19.0 Å². The molecule has 1 N–H and O–H groups in total. The van der Waals surface area contributed by atoms with Crippen molar-refractivity contribution in [1.29, 1.82) is 0 Å². The topological polar surface area (TPSA) is 113 Å². The van der Waals surface area contributed by atoms with Crippen LogP contribution in [0.25, 0.3) is 5.76 Å². The summed E-state index contributed by atoms with van der Waals surface area (Å²) in [5, 5.41) is 22.4. The van der Waals surface area contributed by atoms with E-state index in [9.17, 15) is 24.8 Å². The summed E-state index contributed by atoms with van der Waals surface area (Å²) in [6.07, 6.45) is 0.595. The van der Waals surface area contributed by atoms with E-state index in [1.54, 1.807) is 6.07 Å². The van der Waals surface area contributed by atoms with Crippen LogP contribution in [0.4, 0.5) is 5.69 Å². The van der Waals surface area contributed by atoms with Crippen LogP contribution in [0.3, 0.4) is 0 Å². The van der Waals surface area contributed by atoms with Crippen molar-refractivity contribution in [1.82, 2.24) is 9.80 Å². The first-order chi connectivity index (χ1) is 15.6. The van der Waals surface area contributed by atoms with Gasteiger partial charge < -0.3 is 19.6 Å². The van der Waals surface area contributed by atoms with Crippen molar-refractivity contribution in [3.63, 3.8) is 0 Å². The first-order valence-corrected chi connectivity index (χ1v) is 10.5. The van der Waals surface area contributed by atoms with E-state index < -0.39 is 22.7 Å². The number of nitro benzene ring substituents is 1. The Labute approximate surface area is 196 Å². The van der Waals surface area contributed by atoms with Gasteiger partial charge in [0.1, 0.15) is 11.5 Å². The van der Waals surface area contributed by atoms with Gasteiger partial charge >= 0.3 is 0 Å². The second-order valence-corrected chi connectivity index (χ2v) is 8.25. The van der Waals surface area contributed by atoms with Gasteiger partial charge in [0.15, 0.2) is 0 Å². The van der Waals surface area contributed by atoms with Crippen molar-refractivity contribution in [2.24, 2.45) is 0 Å². The predicted octanol–water partition coefficient (Wildman–Crippen LogP) is 3.63. The van der Waals surface area contributed by atoms with Crippen molar-refractivity contribution >= 4 is 34.7 Å². The molecule has 0 aliphatic carbocycles. The number of carbonyl (C=O) groups is 2. The first-order valence-electron chi connectivity index (χ1n) is 10.2. The minimum Gasteiger partial charge on any atom is -0.507 e. The third-order valence-electron chi connectivity index (χ3n) is 5.39. The molecule has 9 nitrogen and oxygen atoms in total. The monoisotopic (exact) mass is 473 g/mol. The van der Waals surface area contributed by atoms with Crippen LogP contribution in [0.5, 0.6) is 5.75 Å². The number of non-ortho nitro benzene ring substituents is 1. The SMILES string of the molecule is COc1ccc(/C(O)=C2\C(=O)C(=O)N(CCCN(C)C)[C@@H]2c2ccc([N+](=O)[O-])cc2)cc1Cl. The van der Waals surface area contributed by atoms with Gasteiger partial charge in [0.05, 0.1) is 28.7 Å². The zero-order valence-corrected chi connectivity index (χ0v) is 19.2.